The Morgan fingerprint density at radius 2 is 1.79 bits per heavy atom. The molecular formula is C25H38N4O4. The molecule has 33 heavy (non-hydrogen) atoms. The summed E-state index contributed by atoms with van der Waals surface area (Å²) in [6, 6.07) is 5.56. The number of carbonyl (C=O) groups is 3. The Balaban J connectivity index is 3.35. The third kappa shape index (κ3) is 8.76. The molecule has 1 aromatic carbocycles. The Kier molecular flexibility index (Phi) is 10.4. The second-order valence-corrected chi connectivity index (χ2v) is 9.45. The van der Waals surface area contributed by atoms with Gasteiger partial charge in [-0.2, -0.15) is 5.26 Å². The molecule has 0 spiro atoms. The molecule has 182 valence electrons. The summed E-state index contributed by atoms with van der Waals surface area (Å²) < 4.78 is 5.24. The van der Waals surface area contributed by atoms with E-state index in [0.717, 1.165) is 24.0 Å². The van der Waals surface area contributed by atoms with Gasteiger partial charge in [0.15, 0.2) is 0 Å². The van der Waals surface area contributed by atoms with Gasteiger partial charge in [-0.15, -0.1) is 0 Å². The molecule has 0 aromatic heterocycles. The van der Waals surface area contributed by atoms with Gasteiger partial charge in [-0.05, 0) is 66.0 Å². The Bertz CT molecular complexity index is 885. The van der Waals surface area contributed by atoms with E-state index < -0.39 is 29.7 Å². The van der Waals surface area contributed by atoms with Crippen molar-refractivity contribution in [2.45, 2.75) is 92.0 Å². The van der Waals surface area contributed by atoms with Crippen molar-refractivity contribution in [1.82, 2.24) is 15.5 Å². The first-order valence-electron chi connectivity index (χ1n) is 11.3. The van der Waals surface area contributed by atoms with E-state index >= 15 is 0 Å². The van der Waals surface area contributed by atoms with Crippen LogP contribution in [0.15, 0.2) is 18.2 Å². The number of aryl methyl sites for hydroxylation is 2. The van der Waals surface area contributed by atoms with Gasteiger partial charge in [-0.1, -0.05) is 37.1 Å². The van der Waals surface area contributed by atoms with Gasteiger partial charge in [0, 0.05) is 6.04 Å². The van der Waals surface area contributed by atoms with Crippen molar-refractivity contribution in [2.75, 3.05) is 6.54 Å². The number of nitrogens with zero attached hydrogens (tertiary/aromatic N) is 2. The van der Waals surface area contributed by atoms with Crippen LogP contribution in [0.25, 0.3) is 0 Å². The Hall–Kier alpha value is -3.08. The number of nitrogens with one attached hydrogen (secondary N) is 2. The summed E-state index contributed by atoms with van der Waals surface area (Å²) in [6.07, 6.45) is 0.936. The molecule has 1 aromatic rings. The Morgan fingerprint density at radius 1 is 1.15 bits per heavy atom. The van der Waals surface area contributed by atoms with Gasteiger partial charge in [-0.25, -0.2) is 4.79 Å². The predicted octanol–water partition coefficient (Wildman–Crippen LogP) is 3.91. The van der Waals surface area contributed by atoms with E-state index in [2.05, 4.69) is 10.6 Å². The van der Waals surface area contributed by atoms with Crippen molar-refractivity contribution in [3.63, 3.8) is 0 Å². The molecule has 0 radical (unpaired) electrons. The lowest BCUT2D eigenvalue weighted by Crippen LogP contribution is -2.52. The van der Waals surface area contributed by atoms with E-state index in [1.54, 1.807) is 20.8 Å². The number of hydrogen-bond acceptors (Lipinski definition) is 5. The molecule has 0 aliphatic carbocycles. The maximum atomic E-state index is 13.4. The van der Waals surface area contributed by atoms with Crippen LogP contribution in [0.5, 0.6) is 0 Å². The molecule has 0 heterocycles. The van der Waals surface area contributed by atoms with E-state index in [-0.39, 0.29) is 18.5 Å². The summed E-state index contributed by atoms with van der Waals surface area (Å²) in [4.78, 5) is 40.2. The van der Waals surface area contributed by atoms with E-state index in [1.165, 1.54) is 11.8 Å². The normalized spacial score (nSPS) is 13.8. The van der Waals surface area contributed by atoms with Gasteiger partial charge < -0.3 is 20.3 Å². The summed E-state index contributed by atoms with van der Waals surface area (Å²) in [5, 5.41) is 15.0. The summed E-state index contributed by atoms with van der Waals surface area (Å²) >= 11 is 0. The molecule has 1 rings (SSSR count). The number of alkyl carbamates (subject to hydrolysis) is 1. The highest BCUT2D eigenvalue weighted by atomic mass is 16.6. The molecular weight excluding hydrogens is 420 g/mol. The van der Waals surface area contributed by atoms with Gasteiger partial charge >= 0.3 is 6.09 Å². The number of benzene rings is 1. The third-order valence-electron chi connectivity index (χ3n) is 5.03. The molecule has 0 aliphatic rings. The molecule has 8 nitrogen and oxygen atoms in total. The van der Waals surface area contributed by atoms with Crippen LogP contribution in [0.3, 0.4) is 0 Å². The van der Waals surface area contributed by atoms with Crippen LogP contribution in [0.1, 0.15) is 77.1 Å². The first-order chi connectivity index (χ1) is 15.3. The number of hydrogen-bond donors (Lipinski definition) is 2. The van der Waals surface area contributed by atoms with Crippen molar-refractivity contribution >= 4 is 17.9 Å². The van der Waals surface area contributed by atoms with Crippen LogP contribution in [-0.2, 0) is 14.3 Å². The lowest BCUT2D eigenvalue weighted by molar-refractivity contribution is -0.141. The Labute approximate surface area is 197 Å². The molecule has 3 amide bonds. The van der Waals surface area contributed by atoms with Crippen LogP contribution >= 0.6 is 0 Å². The lowest BCUT2D eigenvalue weighted by atomic mass is 9.96. The molecule has 3 unspecified atom stereocenters. The Morgan fingerprint density at radius 3 is 2.33 bits per heavy atom. The topological polar surface area (TPSA) is 112 Å². The standard InChI is InChI=1S/C25H38N4O4/c1-9-10-18(4)27-22(30)21(20-15-16(2)11-12-17(20)3)29(14-13-26)23(31)19(5)28-24(32)33-25(6,7)8/h11-12,15,18-19,21H,9-10,14H2,1-8H3,(H,27,30)(H,28,32). The average molecular weight is 459 g/mol. The van der Waals surface area contributed by atoms with E-state index in [0.29, 0.717) is 5.56 Å². The fraction of sp³-hybridized carbons (Fsp3) is 0.600. The second-order valence-electron chi connectivity index (χ2n) is 9.45. The molecule has 0 saturated heterocycles. The largest absolute Gasteiger partial charge is 0.444 e. The van der Waals surface area contributed by atoms with E-state index in [9.17, 15) is 19.6 Å². The van der Waals surface area contributed by atoms with Gasteiger partial charge in [0.05, 0.1) is 6.07 Å². The maximum absolute atomic E-state index is 13.4. The quantitative estimate of drug-likeness (QED) is 0.545. The van der Waals surface area contributed by atoms with Crippen LogP contribution < -0.4 is 10.6 Å². The SMILES string of the molecule is CCCC(C)NC(=O)C(c1cc(C)ccc1C)N(CC#N)C(=O)C(C)NC(=O)OC(C)(C)C. The van der Waals surface area contributed by atoms with Crippen molar-refractivity contribution in [2.24, 2.45) is 0 Å². The number of carbonyl (C=O) groups excluding carboxylic acids is 3. The van der Waals surface area contributed by atoms with Gasteiger partial charge in [-0.3, -0.25) is 9.59 Å². The monoisotopic (exact) mass is 458 g/mol. The van der Waals surface area contributed by atoms with Crippen LogP contribution in [0, 0.1) is 25.2 Å². The van der Waals surface area contributed by atoms with E-state index in [4.69, 9.17) is 4.74 Å². The summed E-state index contributed by atoms with van der Waals surface area (Å²) in [5.41, 5.74) is 1.67. The highest BCUT2D eigenvalue weighted by molar-refractivity contribution is 5.92. The maximum Gasteiger partial charge on any atom is 0.408 e. The lowest BCUT2D eigenvalue weighted by Gasteiger charge is -2.33. The summed E-state index contributed by atoms with van der Waals surface area (Å²) in [6.45, 7) is 14.1. The highest BCUT2D eigenvalue weighted by Crippen LogP contribution is 2.27. The fourth-order valence-electron chi connectivity index (χ4n) is 3.50. The fourth-order valence-corrected chi connectivity index (χ4v) is 3.50. The second kappa shape index (κ2) is 12.2. The third-order valence-corrected chi connectivity index (χ3v) is 5.03. The number of nitriles is 1. The molecule has 0 fully saturated rings. The van der Waals surface area contributed by atoms with Crippen molar-refractivity contribution in [3.8, 4) is 6.07 Å². The zero-order valence-corrected chi connectivity index (χ0v) is 21.1. The van der Waals surface area contributed by atoms with E-state index in [1.807, 2.05) is 52.0 Å². The van der Waals surface area contributed by atoms with Crippen LogP contribution in [0.4, 0.5) is 4.79 Å². The first-order valence-corrected chi connectivity index (χ1v) is 11.3. The van der Waals surface area contributed by atoms with Gasteiger partial charge in [0.25, 0.3) is 0 Å². The summed E-state index contributed by atoms with van der Waals surface area (Å²) in [7, 11) is 0. The van der Waals surface area contributed by atoms with Crippen molar-refractivity contribution in [3.05, 3.63) is 34.9 Å². The molecule has 3 atom stereocenters. The van der Waals surface area contributed by atoms with Crippen molar-refractivity contribution in [1.29, 1.82) is 5.26 Å². The van der Waals surface area contributed by atoms with Crippen LogP contribution in [0.2, 0.25) is 0 Å². The first kappa shape index (κ1) is 28.0. The highest BCUT2D eigenvalue weighted by Gasteiger charge is 2.35. The zero-order chi connectivity index (χ0) is 25.3. The predicted molar refractivity (Wildman–Crippen MR) is 127 cm³/mol. The number of ether oxygens (including phenoxy) is 1. The molecule has 0 bridgehead atoms. The van der Waals surface area contributed by atoms with Gasteiger partial charge in [0.1, 0.15) is 24.2 Å². The molecule has 8 heteroatoms. The molecule has 0 saturated carbocycles. The molecule has 2 N–H and O–H groups in total. The van der Waals surface area contributed by atoms with Crippen LogP contribution in [-0.4, -0.2) is 47.0 Å². The average Bonchev–Trinajstić information content (AvgIpc) is 2.68. The van der Waals surface area contributed by atoms with Gasteiger partial charge in [0.2, 0.25) is 11.8 Å². The minimum Gasteiger partial charge on any atom is -0.444 e. The zero-order valence-electron chi connectivity index (χ0n) is 21.1. The molecule has 0 aliphatic heterocycles. The minimum atomic E-state index is -1.01. The number of rotatable bonds is 9. The number of amides is 3. The smallest absolute Gasteiger partial charge is 0.408 e. The van der Waals surface area contributed by atoms with Crippen molar-refractivity contribution < 1.29 is 19.1 Å². The summed E-state index contributed by atoms with van der Waals surface area (Å²) in [5.74, 6) is -0.913. The minimum absolute atomic E-state index is 0.0912.